The van der Waals surface area contributed by atoms with E-state index in [2.05, 4.69) is 17.6 Å². The molecule has 0 saturated carbocycles. The van der Waals surface area contributed by atoms with Gasteiger partial charge in [-0.05, 0) is 38.5 Å². The van der Waals surface area contributed by atoms with Crippen LogP contribution in [0.5, 0.6) is 0 Å². The molecule has 206 valence electrons. The van der Waals surface area contributed by atoms with Crippen LogP contribution in [0.1, 0.15) is 142 Å². The van der Waals surface area contributed by atoms with E-state index in [9.17, 15) is 14.4 Å². The summed E-state index contributed by atoms with van der Waals surface area (Å²) in [6.07, 6.45) is 22.6. The predicted octanol–water partition coefficient (Wildman–Crippen LogP) is 5.84. The van der Waals surface area contributed by atoms with Gasteiger partial charge < -0.3 is 21.5 Å². The third kappa shape index (κ3) is 25.3. The molecule has 7 nitrogen and oxygen atoms in total. The number of aliphatic carboxylic acids is 1. The number of nitrogens with two attached hydrogens (primary N) is 1. The molecule has 0 aliphatic rings. The highest BCUT2D eigenvalue weighted by molar-refractivity contribution is 5.76. The van der Waals surface area contributed by atoms with Crippen molar-refractivity contribution in [3.63, 3.8) is 0 Å². The van der Waals surface area contributed by atoms with E-state index in [0.717, 1.165) is 38.5 Å². The summed E-state index contributed by atoms with van der Waals surface area (Å²) in [5, 5.41) is 14.6. The average molecular weight is 498 g/mol. The quantitative estimate of drug-likeness (QED) is 0.112. The lowest BCUT2D eigenvalue weighted by atomic mass is 10.0. The molecule has 0 aromatic rings. The van der Waals surface area contributed by atoms with E-state index in [0.29, 0.717) is 38.8 Å². The Morgan fingerprint density at radius 1 is 0.600 bits per heavy atom. The zero-order chi connectivity index (χ0) is 26.0. The summed E-state index contributed by atoms with van der Waals surface area (Å²) >= 11 is 0. The monoisotopic (exact) mass is 497 g/mol. The summed E-state index contributed by atoms with van der Waals surface area (Å²) < 4.78 is 0. The molecule has 0 fully saturated rings. The third-order valence-electron chi connectivity index (χ3n) is 6.49. The molecule has 0 bridgehead atoms. The molecule has 0 aromatic carbocycles. The topological polar surface area (TPSA) is 122 Å². The highest BCUT2D eigenvalue weighted by Gasteiger charge is 2.10. The van der Waals surface area contributed by atoms with Gasteiger partial charge in [-0.15, -0.1) is 0 Å². The number of carboxylic acid groups (broad SMARTS) is 1. The van der Waals surface area contributed by atoms with Crippen molar-refractivity contribution in [2.24, 2.45) is 5.73 Å². The van der Waals surface area contributed by atoms with Crippen LogP contribution in [0.25, 0.3) is 0 Å². The average Bonchev–Trinajstić information content (AvgIpc) is 2.83. The number of hydrogen-bond donors (Lipinski definition) is 4. The van der Waals surface area contributed by atoms with Crippen molar-refractivity contribution in [2.75, 3.05) is 13.1 Å². The smallest absolute Gasteiger partial charge is 0.320 e. The molecule has 1 atom stereocenters. The molecule has 5 N–H and O–H groups in total. The van der Waals surface area contributed by atoms with Crippen LogP contribution in [0, 0.1) is 0 Å². The van der Waals surface area contributed by atoms with Crippen LogP contribution in [0.15, 0.2) is 0 Å². The van der Waals surface area contributed by atoms with Gasteiger partial charge >= 0.3 is 5.97 Å². The maximum Gasteiger partial charge on any atom is 0.320 e. The lowest BCUT2D eigenvalue weighted by molar-refractivity contribution is -0.138. The number of hydrogen-bond acceptors (Lipinski definition) is 4. The molecule has 0 heterocycles. The van der Waals surface area contributed by atoms with Crippen LogP contribution in [0.4, 0.5) is 0 Å². The van der Waals surface area contributed by atoms with E-state index in [4.69, 9.17) is 10.8 Å². The van der Waals surface area contributed by atoms with E-state index in [1.165, 1.54) is 70.6 Å². The molecule has 0 unspecified atom stereocenters. The van der Waals surface area contributed by atoms with Crippen molar-refractivity contribution in [2.45, 2.75) is 148 Å². The largest absolute Gasteiger partial charge is 0.480 e. The Morgan fingerprint density at radius 3 is 1.40 bits per heavy atom. The Balaban J connectivity index is 3.32. The second-order valence-corrected chi connectivity index (χ2v) is 9.94. The second-order valence-electron chi connectivity index (χ2n) is 9.94. The first-order valence-electron chi connectivity index (χ1n) is 14.5. The minimum absolute atomic E-state index is 0.0268. The van der Waals surface area contributed by atoms with Crippen molar-refractivity contribution in [1.29, 1.82) is 0 Å². The number of rotatable bonds is 26. The van der Waals surface area contributed by atoms with Gasteiger partial charge in [0.05, 0.1) is 0 Å². The third-order valence-corrected chi connectivity index (χ3v) is 6.49. The van der Waals surface area contributed by atoms with Gasteiger partial charge in [-0.25, -0.2) is 0 Å². The summed E-state index contributed by atoms with van der Waals surface area (Å²) in [4.78, 5) is 34.3. The molecular weight excluding hydrogens is 442 g/mol. The zero-order valence-electron chi connectivity index (χ0n) is 22.6. The van der Waals surface area contributed by atoms with Crippen LogP contribution < -0.4 is 16.4 Å². The Hall–Kier alpha value is -1.63. The van der Waals surface area contributed by atoms with E-state index in [1.807, 2.05) is 0 Å². The van der Waals surface area contributed by atoms with Crippen molar-refractivity contribution in [3.05, 3.63) is 0 Å². The van der Waals surface area contributed by atoms with Gasteiger partial charge in [-0.3, -0.25) is 14.4 Å². The SMILES string of the molecule is CCCCCCCCCCCCCCCC(=O)NCCCCCC(=O)NCCCC[C@H](N)C(=O)O. The molecule has 0 aliphatic carbocycles. The summed E-state index contributed by atoms with van der Waals surface area (Å²) in [6.45, 7) is 3.50. The zero-order valence-corrected chi connectivity index (χ0v) is 22.6. The highest BCUT2D eigenvalue weighted by atomic mass is 16.4. The van der Waals surface area contributed by atoms with Crippen LogP contribution >= 0.6 is 0 Å². The standard InChI is InChI=1S/C28H55N3O4/c1-2-3-4-5-6-7-8-9-10-11-12-13-15-21-26(32)30-23-18-14-16-22-27(33)31-24-19-17-20-25(29)28(34)35/h25H,2-24,29H2,1H3,(H,30,32)(H,31,33)(H,34,35)/t25-/m0/s1. The fourth-order valence-electron chi connectivity index (χ4n) is 4.14. The van der Waals surface area contributed by atoms with E-state index >= 15 is 0 Å². The molecule has 7 heteroatoms. The Kier molecular flexibility index (Phi) is 24.3. The number of unbranched alkanes of at least 4 members (excludes halogenated alkanes) is 15. The van der Waals surface area contributed by atoms with Crippen LogP contribution in [-0.2, 0) is 14.4 Å². The van der Waals surface area contributed by atoms with Gasteiger partial charge in [0.15, 0.2) is 0 Å². The fraction of sp³-hybridized carbons (Fsp3) is 0.893. The number of carbonyl (C=O) groups is 3. The minimum Gasteiger partial charge on any atom is -0.480 e. The first-order chi connectivity index (χ1) is 17.0. The van der Waals surface area contributed by atoms with Crippen LogP contribution in [0.3, 0.4) is 0 Å². The lowest BCUT2D eigenvalue weighted by Crippen LogP contribution is -2.30. The molecule has 0 aliphatic heterocycles. The fourth-order valence-corrected chi connectivity index (χ4v) is 4.14. The molecular formula is C28H55N3O4. The number of carbonyl (C=O) groups excluding carboxylic acids is 2. The van der Waals surface area contributed by atoms with Crippen molar-refractivity contribution >= 4 is 17.8 Å². The van der Waals surface area contributed by atoms with E-state index < -0.39 is 12.0 Å². The summed E-state index contributed by atoms with van der Waals surface area (Å²) in [7, 11) is 0. The molecule has 0 aromatic heterocycles. The van der Waals surface area contributed by atoms with Gasteiger partial charge in [0.2, 0.25) is 11.8 Å². The molecule has 35 heavy (non-hydrogen) atoms. The van der Waals surface area contributed by atoms with Crippen molar-refractivity contribution in [3.8, 4) is 0 Å². The Labute approximate surface area is 214 Å². The number of carboxylic acids is 1. The minimum atomic E-state index is -0.982. The maximum absolute atomic E-state index is 11.9. The molecule has 2 amide bonds. The summed E-state index contributed by atoms with van der Waals surface area (Å²) in [5.41, 5.74) is 5.44. The lowest BCUT2D eigenvalue weighted by Gasteiger charge is -2.08. The normalized spacial score (nSPS) is 11.8. The van der Waals surface area contributed by atoms with Crippen molar-refractivity contribution in [1.82, 2.24) is 10.6 Å². The second kappa shape index (κ2) is 25.5. The van der Waals surface area contributed by atoms with E-state index in [1.54, 1.807) is 0 Å². The highest BCUT2D eigenvalue weighted by Crippen LogP contribution is 2.13. The Morgan fingerprint density at radius 2 is 0.971 bits per heavy atom. The summed E-state index contributed by atoms with van der Waals surface area (Å²) in [6, 6.07) is -0.819. The predicted molar refractivity (Wildman–Crippen MR) is 144 cm³/mol. The molecule has 0 rings (SSSR count). The van der Waals surface area contributed by atoms with E-state index in [-0.39, 0.29) is 11.8 Å². The van der Waals surface area contributed by atoms with Gasteiger partial charge in [-0.2, -0.15) is 0 Å². The molecule has 0 radical (unpaired) electrons. The maximum atomic E-state index is 11.9. The van der Waals surface area contributed by atoms with Crippen molar-refractivity contribution < 1.29 is 19.5 Å². The number of nitrogens with one attached hydrogen (secondary N) is 2. The summed E-state index contributed by atoms with van der Waals surface area (Å²) in [5.74, 6) is -0.808. The van der Waals surface area contributed by atoms with Crippen LogP contribution in [0.2, 0.25) is 0 Å². The molecule has 0 saturated heterocycles. The Bertz CT molecular complexity index is 528. The molecule has 0 spiro atoms. The first kappa shape index (κ1) is 33.4. The van der Waals surface area contributed by atoms with Gasteiger partial charge in [0.1, 0.15) is 6.04 Å². The van der Waals surface area contributed by atoms with Gasteiger partial charge in [0, 0.05) is 25.9 Å². The number of amides is 2. The van der Waals surface area contributed by atoms with Gasteiger partial charge in [0.25, 0.3) is 0 Å². The van der Waals surface area contributed by atoms with Crippen LogP contribution in [-0.4, -0.2) is 42.0 Å². The van der Waals surface area contributed by atoms with Gasteiger partial charge in [-0.1, -0.05) is 90.4 Å². The first-order valence-corrected chi connectivity index (χ1v) is 14.5.